The highest BCUT2D eigenvalue weighted by molar-refractivity contribution is 9.10. The van der Waals surface area contributed by atoms with E-state index < -0.39 is 0 Å². The molecular weight excluding hydrogens is 224 g/mol. The molecule has 0 N–H and O–H groups in total. The van der Waals surface area contributed by atoms with Gasteiger partial charge >= 0.3 is 0 Å². The van der Waals surface area contributed by atoms with Gasteiger partial charge in [0.05, 0.1) is 4.88 Å². The Labute approximate surface area is 77.9 Å². The Morgan fingerprint density at radius 1 is 1.82 bits per heavy atom. The quantitative estimate of drug-likeness (QED) is 0.564. The van der Waals surface area contributed by atoms with E-state index in [1.165, 1.54) is 17.4 Å². The van der Waals surface area contributed by atoms with Gasteiger partial charge < -0.3 is 0 Å². The van der Waals surface area contributed by atoms with Crippen molar-refractivity contribution in [1.29, 1.82) is 0 Å². The number of halogens is 1. The summed E-state index contributed by atoms with van der Waals surface area (Å²) in [6.07, 6.45) is 1.33. The summed E-state index contributed by atoms with van der Waals surface area (Å²) < 4.78 is 0.866. The molecule has 0 atom stereocenters. The molecule has 0 bridgehead atoms. The summed E-state index contributed by atoms with van der Waals surface area (Å²) in [5, 5.41) is 0. The minimum Gasteiger partial charge on any atom is -0.288 e. The van der Waals surface area contributed by atoms with Crippen molar-refractivity contribution in [3.63, 3.8) is 0 Å². The molecule has 0 aliphatic carbocycles. The molecule has 0 spiro atoms. The van der Waals surface area contributed by atoms with Gasteiger partial charge in [0.25, 0.3) is 0 Å². The van der Waals surface area contributed by atoms with Crippen molar-refractivity contribution >= 4 is 33.0 Å². The molecule has 0 saturated carbocycles. The van der Waals surface area contributed by atoms with Crippen LogP contribution in [0.2, 0.25) is 0 Å². The smallest absolute Gasteiger partial charge is 0.196 e. The lowest BCUT2D eigenvalue weighted by atomic mass is 10.3. The highest BCUT2D eigenvalue weighted by atomic mass is 79.9. The molecule has 1 rings (SSSR count). The van der Waals surface area contributed by atoms with E-state index in [1.807, 2.05) is 13.0 Å². The van der Waals surface area contributed by atoms with E-state index in [2.05, 4.69) is 22.5 Å². The maximum atomic E-state index is 11.1. The van der Waals surface area contributed by atoms with Gasteiger partial charge in [0.1, 0.15) is 0 Å². The average molecular weight is 231 g/mol. The summed E-state index contributed by atoms with van der Waals surface area (Å²) in [6.45, 7) is 5.39. The van der Waals surface area contributed by atoms with Gasteiger partial charge in [0, 0.05) is 9.35 Å². The molecule has 0 unspecified atom stereocenters. The van der Waals surface area contributed by atoms with E-state index >= 15 is 0 Å². The number of aryl methyl sites for hydroxylation is 1. The van der Waals surface area contributed by atoms with Crippen LogP contribution in [-0.4, -0.2) is 5.78 Å². The van der Waals surface area contributed by atoms with Crippen LogP contribution in [0.15, 0.2) is 23.2 Å². The van der Waals surface area contributed by atoms with E-state index in [9.17, 15) is 4.79 Å². The maximum absolute atomic E-state index is 11.1. The third kappa shape index (κ3) is 1.79. The molecule has 58 valence electrons. The Hall–Kier alpha value is -0.410. The first kappa shape index (κ1) is 8.68. The van der Waals surface area contributed by atoms with Crippen LogP contribution in [0.25, 0.3) is 0 Å². The molecule has 1 aromatic heterocycles. The van der Waals surface area contributed by atoms with Crippen molar-refractivity contribution < 1.29 is 4.79 Å². The first-order valence-corrected chi connectivity index (χ1v) is 4.69. The van der Waals surface area contributed by atoms with Gasteiger partial charge in [-0.05, 0) is 35.0 Å². The summed E-state index contributed by atoms with van der Waals surface area (Å²) >= 11 is 4.78. The van der Waals surface area contributed by atoms with Gasteiger partial charge in [-0.3, -0.25) is 4.79 Å². The Balaban J connectivity index is 3.12. The normalized spacial score (nSPS) is 9.64. The van der Waals surface area contributed by atoms with Crippen molar-refractivity contribution in [2.75, 3.05) is 0 Å². The zero-order valence-electron chi connectivity index (χ0n) is 6.06. The van der Waals surface area contributed by atoms with E-state index in [4.69, 9.17) is 0 Å². The Morgan fingerprint density at radius 2 is 2.45 bits per heavy atom. The predicted molar refractivity (Wildman–Crippen MR) is 51.3 cm³/mol. The fraction of sp³-hybridized carbons (Fsp3) is 0.125. The molecule has 0 aliphatic rings. The number of thiophene rings is 1. The minimum atomic E-state index is -0.0185. The molecule has 0 radical (unpaired) electrons. The van der Waals surface area contributed by atoms with Crippen molar-refractivity contribution in [2.45, 2.75) is 6.92 Å². The molecule has 0 saturated heterocycles. The minimum absolute atomic E-state index is 0.0185. The highest BCUT2D eigenvalue weighted by Gasteiger charge is 2.09. The fourth-order valence-electron chi connectivity index (χ4n) is 0.744. The number of rotatable bonds is 2. The van der Waals surface area contributed by atoms with Crippen molar-refractivity contribution in [3.05, 3.63) is 32.9 Å². The fourth-order valence-corrected chi connectivity index (χ4v) is 2.52. The summed E-state index contributed by atoms with van der Waals surface area (Å²) in [4.78, 5) is 13.0. The van der Waals surface area contributed by atoms with Crippen molar-refractivity contribution in [2.24, 2.45) is 0 Å². The Kier molecular flexibility index (Phi) is 2.62. The summed E-state index contributed by atoms with van der Waals surface area (Å²) in [5.74, 6) is -0.0185. The first-order chi connectivity index (χ1) is 5.15. The van der Waals surface area contributed by atoms with Crippen molar-refractivity contribution in [3.8, 4) is 0 Å². The number of hydrogen-bond donors (Lipinski definition) is 0. The zero-order chi connectivity index (χ0) is 8.43. The van der Waals surface area contributed by atoms with Crippen molar-refractivity contribution in [1.82, 2.24) is 0 Å². The first-order valence-electron chi connectivity index (χ1n) is 3.08. The number of ketones is 1. The van der Waals surface area contributed by atoms with E-state index in [-0.39, 0.29) is 5.78 Å². The van der Waals surface area contributed by atoms with Gasteiger partial charge in [0.2, 0.25) is 0 Å². The van der Waals surface area contributed by atoms with E-state index in [0.717, 1.165) is 14.2 Å². The van der Waals surface area contributed by atoms with Crippen LogP contribution in [0.4, 0.5) is 0 Å². The second-order valence-electron chi connectivity index (χ2n) is 2.10. The zero-order valence-corrected chi connectivity index (χ0v) is 8.46. The molecule has 1 aromatic rings. The molecule has 1 nitrogen and oxygen atoms in total. The highest BCUT2D eigenvalue weighted by Crippen LogP contribution is 2.27. The predicted octanol–water partition coefficient (Wildman–Crippen LogP) is 3.19. The Morgan fingerprint density at radius 3 is 2.82 bits per heavy atom. The number of allylic oxidation sites excluding steroid dienone is 1. The van der Waals surface area contributed by atoms with Crippen LogP contribution in [0.1, 0.15) is 14.5 Å². The van der Waals surface area contributed by atoms with Crippen LogP contribution in [0, 0.1) is 6.92 Å². The molecule has 3 heteroatoms. The monoisotopic (exact) mass is 230 g/mol. The summed E-state index contributed by atoms with van der Waals surface area (Å²) in [7, 11) is 0. The average Bonchev–Trinajstić information content (AvgIpc) is 2.28. The topological polar surface area (TPSA) is 17.1 Å². The van der Waals surface area contributed by atoms with Crippen LogP contribution in [0.3, 0.4) is 0 Å². The van der Waals surface area contributed by atoms with Gasteiger partial charge in [-0.25, -0.2) is 0 Å². The lowest BCUT2D eigenvalue weighted by molar-refractivity contribution is 0.105. The van der Waals surface area contributed by atoms with E-state index in [1.54, 1.807) is 0 Å². The molecule has 0 aromatic carbocycles. The van der Waals surface area contributed by atoms with Gasteiger partial charge in [-0.15, -0.1) is 11.3 Å². The molecule has 1 heterocycles. The van der Waals surface area contributed by atoms with Crippen LogP contribution >= 0.6 is 27.3 Å². The van der Waals surface area contributed by atoms with E-state index in [0.29, 0.717) is 0 Å². The second-order valence-corrected chi connectivity index (χ2v) is 4.21. The third-order valence-corrected chi connectivity index (χ3v) is 3.17. The SMILES string of the molecule is C=CC(=O)c1sc(C)cc1Br. The lowest BCUT2D eigenvalue weighted by Crippen LogP contribution is -1.88. The summed E-state index contributed by atoms with van der Waals surface area (Å²) in [6, 6.07) is 1.93. The number of carbonyl (C=O) groups excluding carboxylic acids is 1. The van der Waals surface area contributed by atoms with Gasteiger partial charge in [0.15, 0.2) is 5.78 Å². The molecule has 0 amide bonds. The largest absolute Gasteiger partial charge is 0.288 e. The summed E-state index contributed by atoms with van der Waals surface area (Å²) in [5.41, 5.74) is 0. The molecular formula is C8H7BrOS. The van der Waals surface area contributed by atoms with Crippen LogP contribution in [0.5, 0.6) is 0 Å². The number of hydrogen-bond acceptors (Lipinski definition) is 2. The van der Waals surface area contributed by atoms with Gasteiger partial charge in [-0.2, -0.15) is 0 Å². The lowest BCUT2D eigenvalue weighted by Gasteiger charge is -1.87. The second kappa shape index (κ2) is 3.32. The van der Waals surface area contributed by atoms with Gasteiger partial charge in [-0.1, -0.05) is 6.58 Å². The molecule has 0 fully saturated rings. The third-order valence-electron chi connectivity index (χ3n) is 1.22. The Bertz CT molecular complexity index is 301. The maximum Gasteiger partial charge on any atom is 0.196 e. The van der Waals surface area contributed by atoms with Crippen LogP contribution < -0.4 is 0 Å². The standard InChI is InChI=1S/C8H7BrOS/c1-3-7(10)8-6(9)4-5(2)11-8/h3-4H,1H2,2H3. The molecule has 0 aliphatic heterocycles. The number of carbonyl (C=O) groups is 1. The van der Waals surface area contributed by atoms with Crippen LogP contribution in [-0.2, 0) is 0 Å². The molecule has 11 heavy (non-hydrogen) atoms.